The molecule has 1 aromatic carbocycles. The van der Waals surface area contributed by atoms with Crippen LogP contribution in [0.5, 0.6) is 0 Å². The van der Waals surface area contributed by atoms with Crippen molar-refractivity contribution in [1.82, 2.24) is 0 Å². The van der Waals surface area contributed by atoms with Gasteiger partial charge in [0.1, 0.15) is 10.7 Å². The van der Waals surface area contributed by atoms with E-state index in [1.807, 2.05) is 0 Å². The third kappa shape index (κ3) is 3.34. The first-order chi connectivity index (χ1) is 10.6. The third-order valence-corrected chi connectivity index (χ3v) is 4.76. The number of hydrogen-bond donors (Lipinski definition) is 0. The summed E-state index contributed by atoms with van der Waals surface area (Å²) in [7, 11) is -3.92. The minimum absolute atomic E-state index is 0.0171. The number of ketones is 3. The number of carbonyl (C=O) groups is 3. The number of rotatable bonds is 4. The number of nitro benzene ring substituents is 1. The zero-order valence-corrected chi connectivity index (χ0v) is 13.0. The maximum atomic E-state index is 12.5. The summed E-state index contributed by atoms with van der Waals surface area (Å²) in [6.45, 7) is 0. The van der Waals surface area contributed by atoms with Crippen LogP contribution in [0.15, 0.2) is 23.1 Å². The number of hydrogen-bond acceptors (Lipinski definition) is 7. The van der Waals surface area contributed by atoms with Gasteiger partial charge in [0.2, 0.25) is 0 Å². The second-order valence-corrected chi connectivity index (χ2v) is 7.30. The molecule has 0 aliphatic heterocycles. The lowest BCUT2D eigenvalue weighted by molar-refractivity contribution is -0.388. The molecular formula is C14H13NO7S. The van der Waals surface area contributed by atoms with Crippen LogP contribution in [0.25, 0.3) is 0 Å². The summed E-state index contributed by atoms with van der Waals surface area (Å²) in [5, 5.41) is 11.3. The van der Waals surface area contributed by atoms with E-state index in [1.165, 1.54) is 6.07 Å². The van der Waals surface area contributed by atoms with Crippen LogP contribution in [0, 0.1) is 16.0 Å². The molecule has 2 rings (SSSR count). The van der Waals surface area contributed by atoms with Crippen molar-refractivity contribution in [2.75, 3.05) is 6.26 Å². The molecule has 0 heterocycles. The normalized spacial score (nSPS) is 18.7. The largest absolute Gasteiger partial charge is 0.299 e. The Bertz CT molecular complexity index is 826. The van der Waals surface area contributed by atoms with Crippen molar-refractivity contribution >= 4 is 32.9 Å². The predicted molar refractivity (Wildman–Crippen MR) is 77.9 cm³/mol. The lowest BCUT2D eigenvalue weighted by Crippen LogP contribution is -2.31. The van der Waals surface area contributed by atoms with Crippen LogP contribution in [0.4, 0.5) is 5.69 Å². The molecule has 1 aliphatic rings. The summed E-state index contributed by atoms with van der Waals surface area (Å²) < 4.78 is 23.4. The van der Waals surface area contributed by atoms with Crippen molar-refractivity contribution in [2.45, 2.75) is 24.2 Å². The molecule has 1 unspecified atom stereocenters. The van der Waals surface area contributed by atoms with Crippen molar-refractivity contribution in [3.63, 3.8) is 0 Å². The number of para-hydroxylation sites is 1. The molecule has 0 amide bonds. The third-order valence-electron chi connectivity index (χ3n) is 3.63. The zero-order valence-electron chi connectivity index (χ0n) is 12.1. The van der Waals surface area contributed by atoms with E-state index in [0.717, 1.165) is 18.4 Å². The molecule has 0 saturated heterocycles. The molecule has 9 heteroatoms. The van der Waals surface area contributed by atoms with E-state index in [0.29, 0.717) is 0 Å². The van der Waals surface area contributed by atoms with Crippen LogP contribution >= 0.6 is 0 Å². The van der Waals surface area contributed by atoms with E-state index in [2.05, 4.69) is 0 Å². The average molecular weight is 339 g/mol. The van der Waals surface area contributed by atoms with Crippen molar-refractivity contribution in [1.29, 1.82) is 0 Å². The summed E-state index contributed by atoms with van der Waals surface area (Å²) in [5.41, 5.74) is -1.25. The average Bonchev–Trinajstić information content (AvgIpc) is 2.44. The molecule has 8 nitrogen and oxygen atoms in total. The first kappa shape index (κ1) is 16.9. The Morgan fingerprint density at radius 1 is 1.30 bits per heavy atom. The molecule has 0 radical (unpaired) electrons. The topological polar surface area (TPSA) is 128 Å². The fourth-order valence-electron chi connectivity index (χ4n) is 2.55. The fraction of sp³-hybridized carbons (Fsp3) is 0.357. The molecule has 0 spiro atoms. The van der Waals surface area contributed by atoms with Crippen molar-refractivity contribution < 1.29 is 27.7 Å². The Morgan fingerprint density at radius 3 is 2.48 bits per heavy atom. The number of nitro groups is 1. The molecule has 122 valence electrons. The zero-order chi connectivity index (χ0) is 17.4. The maximum absolute atomic E-state index is 12.5. The first-order valence-electron chi connectivity index (χ1n) is 6.69. The first-order valence-corrected chi connectivity index (χ1v) is 8.58. The van der Waals surface area contributed by atoms with Gasteiger partial charge < -0.3 is 0 Å². The van der Waals surface area contributed by atoms with Crippen molar-refractivity contribution in [3.05, 3.63) is 33.9 Å². The van der Waals surface area contributed by atoms with Crippen LogP contribution in [-0.2, 0) is 19.4 Å². The molecule has 1 saturated carbocycles. The van der Waals surface area contributed by atoms with Gasteiger partial charge in [-0.05, 0) is 18.6 Å². The fourth-order valence-corrected chi connectivity index (χ4v) is 3.41. The van der Waals surface area contributed by atoms with Gasteiger partial charge in [-0.2, -0.15) is 0 Å². The Hall–Kier alpha value is -2.42. The predicted octanol–water partition coefficient (Wildman–Crippen LogP) is 1.12. The smallest absolute Gasteiger partial charge is 0.298 e. The van der Waals surface area contributed by atoms with Gasteiger partial charge in [-0.1, -0.05) is 6.07 Å². The molecule has 0 N–H and O–H groups in total. The number of nitrogens with zero attached hydrogens (tertiary/aromatic N) is 1. The van der Waals surface area contributed by atoms with E-state index >= 15 is 0 Å². The monoisotopic (exact) mass is 339 g/mol. The van der Waals surface area contributed by atoms with Gasteiger partial charge in [0.05, 0.1) is 22.8 Å². The summed E-state index contributed by atoms with van der Waals surface area (Å²) in [6.07, 6.45) is 0.447. The highest BCUT2D eigenvalue weighted by atomic mass is 32.2. The van der Waals surface area contributed by atoms with Crippen LogP contribution in [0.3, 0.4) is 0 Å². The van der Waals surface area contributed by atoms with Gasteiger partial charge in [0.15, 0.2) is 21.4 Å². The number of sulfone groups is 1. The second-order valence-electron chi connectivity index (χ2n) is 5.32. The minimum Gasteiger partial charge on any atom is -0.299 e. The van der Waals surface area contributed by atoms with Crippen LogP contribution < -0.4 is 0 Å². The SMILES string of the molecule is CS(=O)(=O)c1cccc(C(=O)C2CCC(=O)CC2=O)c1[N+](=O)[O-]. The molecule has 0 bridgehead atoms. The van der Waals surface area contributed by atoms with Gasteiger partial charge in [-0.15, -0.1) is 0 Å². The van der Waals surface area contributed by atoms with Crippen LogP contribution in [0.1, 0.15) is 29.6 Å². The number of benzene rings is 1. The lowest BCUT2D eigenvalue weighted by atomic mass is 9.82. The lowest BCUT2D eigenvalue weighted by Gasteiger charge is -2.18. The van der Waals surface area contributed by atoms with E-state index in [4.69, 9.17) is 0 Å². The van der Waals surface area contributed by atoms with Gasteiger partial charge in [0, 0.05) is 12.7 Å². The minimum atomic E-state index is -3.92. The number of Topliss-reactive ketones (excluding diaryl/α,β-unsaturated/α-hetero) is 3. The van der Waals surface area contributed by atoms with Gasteiger partial charge in [-0.3, -0.25) is 24.5 Å². The molecule has 23 heavy (non-hydrogen) atoms. The molecule has 1 aliphatic carbocycles. The quantitative estimate of drug-likeness (QED) is 0.348. The molecule has 1 aromatic rings. The van der Waals surface area contributed by atoms with E-state index in [9.17, 15) is 32.9 Å². The standard InChI is InChI=1S/C14H13NO7S/c1-23(21,22)12-4-2-3-10(13(12)15(19)20)14(18)9-6-5-8(16)7-11(9)17/h2-4,9H,5-7H2,1H3. The Kier molecular flexibility index (Phi) is 4.42. The van der Waals surface area contributed by atoms with E-state index in [-0.39, 0.29) is 25.0 Å². The van der Waals surface area contributed by atoms with Gasteiger partial charge >= 0.3 is 0 Å². The Labute approximate surface area is 131 Å². The number of carbonyl (C=O) groups excluding carboxylic acids is 3. The molecular weight excluding hydrogens is 326 g/mol. The molecule has 1 atom stereocenters. The van der Waals surface area contributed by atoms with Crippen molar-refractivity contribution in [2.24, 2.45) is 5.92 Å². The molecule has 1 fully saturated rings. The van der Waals surface area contributed by atoms with Crippen molar-refractivity contribution in [3.8, 4) is 0 Å². The highest BCUT2D eigenvalue weighted by Gasteiger charge is 2.37. The van der Waals surface area contributed by atoms with Gasteiger partial charge in [-0.25, -0.2) is 8.42 Å². The molecule has 0 aromatic heterocycles. The van der Waals surface area contributed by atoms with Crippen LogP contribution in [-0.4, -0.2) is 36.9 Å². The Balaban J connectivity index is 2.55. The highest BCUT2D eigenvalue weighted by Crippen LogP contribution is 2.32. The summed E-state index contributed by atoms with van der Waals surface area (Å²) in [4.78, 5) is 45.3. The summed E-state index contributed by atoms with van der Waals surface area (Å²) in [5.74, 6) is -2.84. The summed E-state index contributed by atoms with van der Waals surface area (Å²) >= 11 is 0. The van der Waals surface area contributed by atoms with Gasteiger partial charge in [0.25, 0.3) is 5.69 Å². The van der Waals surface area contributed by atoms with E-state index in [1.54, 1.807) is 0 Å². The Morgan fingerprint density at radius 2 is 1.96 bits per heavy atom. The van der Waals surface area contributed by atoms with Crippen LogP contribution in [0.2, 0.25) is 0 Å². The highest BCUT2D eigenvalue weighted by molar-refractivity contribution is 7.90. The summed E-state index contributed by atoms with van der Waals surface area (Å²) in [6, 6.07) is 3.38. The maximum Gasteiger partial charge on any atom is 0.298 e. The second kappa shape index (κ2) is 5.99. The van der Waals surface area contributed by atoms with E-state index < -0.39 is 48.4 Å².